The summed E-state index contributed by atoms with van der Waals surface area (Å²) in [6, 6.07) is 0. The molecular weight excluding hydrogens is 276 g/mol. The molecule has 1 aliphatic rings. The first-order valence-corrected chi connectivity index (χ1v) is 9.24. The number of amides is 2. The quantitative estimate of drug-likeness (QED) is 0.411. The summed E-state index contributed by atoms with van der Waals surface area (Å²) in [6.45, 7) is 1.53. The first-order valence-electron chi connectivity index (χ1n) is 5.46. The van der Waals surface area contributed by atoms with Crippen molar-refractivity contribution in [2.75, 3.05) is 37.9 Å². The minimum absolute atomic E-state index is 0.0108. The second-order valence-corrected chi connectivity index (χ2v) is 7.30. The van der Waals surface area contributed by atoms with Gasteiger partial charge in [-0.25, -0.2) is 0 Å². The fourth-order valence-electron chi connectivity index (χ4n) is 1.46. The van der Waals surface area contributed by atoms with Crippen LogP contribution in [0.4, 0.5) is 0 Å². The summed E-state index contributed by atoms with van der Waals surface area (Å²) in [5, 5.41) is 2.92. The van der Waals surface area contributed by atoms with Gasteiger partial charge < -0.3 is 5.32 Å². The maximum atomic E-state index is 11.8. The molecule has 1 fully saturated rings. The maximum Gasteiger partial charge on any atom is 0.242 e. The van der Waals surface area contributed by atoms with Crippen molar-refractivity contribution < 1.29 is 9.59 Å². The Bertz CT molecular complexity index is 276. The standard InChI is InChI=1S/C10H18N2O2S3/c1-11-3-5-16-17-6-4-12-9(13)7-8(15-2)10(12)14/h8,11H,3-7H2,1-2H3. The fourth-order valence-corrected chi connectivity index (χ4v) is 4.06. The monoisotopic (exact) mass is 294 g/mol. The molecule has 0 bridgehead atoms. The Labute approximate surface area is 114 Å². The lowest BCUT2D eigenvalue weighted by Gasteiger charge is -2.13. The smallest absolute Gasteiger partial charge is 0.242 e. The molecule has 1 heterocycles. The highest BCUT2D eigenvalue weighted by Crippen LogP contribution is 2.25. The number of carbonyl (C=O) groups is 2. The first kappa shape index (κ1) is 15.2. The third-order valence-corrected chi connectivity index (χ3v) is 5.73. The summed E-state index contributed by atoms with van der Waals surface area (Å²) < 4.78 is 0. The number of hydrogen-bond donors (Lipinski definition) is 1. The number of imide groups is 1. The van der Waals surface area contributed by atoms with Gasteiger partial charge in [0.15, 0.2) is 0 Å². The molecule has 1 saturated heterocycles. The Morgan fingerprint density at radius 1 is 1.35 bits per heavy atom. The van der Waals surface area contributed by atoms with E-state index in [4.69, 9.17) is 0 Å². The average molecular weight is 294 g/mol. The van der Waals surface area contributed by atoms with Crippen molar-refractivity contribution in [2.24, 2.45) is 0 Å². The maximum absolute atomic E-state index is 11.8. The third kappa shape index (κ3) is 4.73. The highest BCUT2D eigenvalue weighted by atomic mass is 33.1. The molecule has 1 atom stereocenters. The van der Waals surface area contributed by atoms with E-state index in [2.05, 4.69) is 5.32 Å². The van der Waals surface area contributed by atoms with Crippen molar-refractivity contribution in [3.05, 3.63) is 0 Å². The van der Waals surface area contributed by atoms with Gasteiger partial charge in [0.05, 0.1) is 5.25 Å². The zero-order valence-corrected chi connectivity index (χ0v) is 12.6. The minimum Gasteiger partial charge on any atom is -0.319 e. The molecule has 0 aromatic carbocycles. The van der Waals surface area contributed by atoms with Gasteiger partial charge in [-0.2, -0.15) is 11.8 Å². The van der Waals surface area contributed by atoms with Crippen LogP contribution < -0.4 is 5.32 Å². The Morgan fingerprint density at radius 3 is 2.65 bits per heavy atom. The van der Waals surface area contributed by atoms with Crippen LogP contribution in [0.15, 0.2) is 0 Å². The predicted octanol–water partition coefficient (Wildman–Crippen LogP) is 1.08. The van der Waals surface area contributed by atoms with Gasteiger partial charge in [0, 0.05) is 31.0 Å². The van der Waals surface area contributed by atoms with Gasteiger partial charge in [-0.1, -0.05) is 21.6 Å². The van der Waals surface area contributed by atoms with Gasteiger partial charge in [-0.3, -0.25) is 14.5 Å². The van der Waals surface area contributed by atoms with Gasteiger partial charge >= 0.3 is 0 Å². The largest absolute Gasteiger partial charge is 0.319 e. The van der Waals surface area contributed by atoms with Gasteiger partial charge in [-0.05, 0) is 13.3 Å². The molecule has 17 heavy (non-hydrogen) atoms. The lowest BCUT2D eigenvalue weighted by atomic mass is 10.4. The van der Waals surface area contributed by atoms with Gasteiger partial charge in [0.2, 0.25) is 11.8 Å². The van der Waals surface area contributed by atoms with Crippen LogP contribution in [0.25, 0.3) is 0 Å². The Kier molecular flexibility index (Phi) is 7.41. The van der Waals surface area contributed by atoms with E-state index in [0.717, 1.165) is 18.1 Å². The fraction of sp³-hybridized carbons (Fsp3) is 0.800. The van der Waals surface area contributed by atoms with E-state index >= 15 is 0 Å². The van der Waals surface area contributed by atoms with E-state index in [9.17, 15) is 9.59 Å². The highest BCUT2D eigenvalue weighted by Gasteiger charge is 2.37. The molecule has 7 heteroatoms. The van der Waals surface area contributed by atoms with E-state index in [-0.39, 0.29) is 17.1 Å². The lowest BCUT2D eigenvalue weighted by Crippen LogP contribution is -2.33. The lowest BCUT2D eigenvalue weighted by molar-refractivity contribution is -0.137. The van der Waals surface area contributed by atoms with E-state index in [1.54, 1.807) is 21.6 Å². The van der Waals surface area contributed by atoms with E-state index in [0.29, 0.717) is 13.0 Å². The van der Waals surface area contributed by atoms with Crippen molar-refractivity contribution in [3.63, 3.8) is 0 Å². The summed E-state index contributed by atoms with van der Waals surface area (Å²) in [5.74, 6) is 1.82. The molecule has 0 aromatic rings. The first-order chi connectivity index (χ1) is 8.20. The van der Waals surface area contributed by atoms with Crippen LogP contribution in [0.2, 0.25) is 0 Å². The molecule has 1 aliphatic heterocycles. The third-order valence-electron chi connectivity index (χ3n) is 2.40. The van der Waals surface area contributed by atoms with Crippen molar-refractivity contribution in [1.29, 1.82) is 0 Å². The number of rotatable bonds is 8. The SMILES string of the molecule is CNCCSSCCN1C(=O)CC(SC)C1=O. The summed E-state index contributed by atoms with van der Waals surface area (Å²) >= 11 is 1.47. The van der Waals surface area contributed by atoms with E-state index in [1.807, 2.05) is 13.3 Å². The molecule has 1 unspecified atom stereocenters. The second-order valence-electron chi connectivity index (χ2n) is 3.56. The van der Waals surface area contributed by atoms with Crippen LogP contribution in [0, 0.1) is 0 Å². The number of thioether (sulfide) groups is 1. The molecule has 0 aliphatic carbocycles. The van der Waals surface area contributed by atoms with Crippen molar-refractivity contribution in [3.8, 4) is 0 Å². The Morgan fingerprint density at radius 2 is 2.06 bits per heavy atom. The van der Waals surface area contributed by atoms with Crippen molar-refractivity contribution in [1.82, 2.24) is 10.2 Å². The molecule has 1 rings (SSSR count). The molecule has 2 amide bonds. The van der Waals surface area contributed by atoms with Gasteiger partial charge in [-0.15, -0.1) is 0 Å². The molecule has 0 saturated carbocycles. The summed E-state index contributed by atoms with van der Waals surface area (Å²) in [7, 11) is 5.41. The zero-order chi connectivity index (χ0) is 12.7. The predicted molar refractivity (Wildman–Crippen MR) is 77.5 cm³/mol. The average Bonchev–Trinajstić information content (AvgIpc) is 2.60. The van der Waals surface area contributed by atoms with Crippen molar-refractivity contribution >= 4 is 45.2 Å². The minimum atomic E-state index is -0.149. The number of carbonyl (C=O) groups excluding carboxylic acids is 2. The molecule has 98 valence electrons. The van der Waals surface area contributed by atoms with Gasteiger partial charge in [0.1, 0.15) is 0 Å². The summed E-state index contributed by atoms with van der Waals surface area (Å²) in [5.41, 5.74) is 0. The van der Waals surface area contributed by atoms with Crippen LogP contribution >= 0.6 is 33.3 Å². The molecule has 0 radical (unpaired) electrons. The van der Waals surface area contributed by atoms with Crippen LogP contribution in [0.5, 0.6) is 0 Å². The normalized spacial score (nSPS) is 20.4. The molecular formula is C10H18N2O2S3. The number of likely N-dealkylation sites (tertiary alicyclic amines) is 1. The molecule has 1 N–H and O–H groups in total. The number of hydrogen-bond acceptors (Lipinski definition) is 6. The van der Waals surface area contributed by atoms with Crippen LogP contribution in [-0.2, 0) is 9.59 Å². The second kappa shape index (κ2) is 8.29. The van der Waals surface area contributed by atoms with Crippen LogP contribution in [0.3, 0.4) is 0 Å². The highest BCUT2D eigenvalue weighted by molar-refractivity contribution is 8.76. The van der Waals surface area contributed by atoms with Crippen LogP contribution in [-0.4, -0.2) is 59.9 Å². The van der Waals surface area contributed by atoms with E-state index < -0.39 is 0 Å². The number of nitrogens with one attached hydrogen (secondary N) is 1. The molecule has 0 spiro atoms. The summed E-state index contributed by atoms with van der Waals surface area (Å²) in [4.78, 5) is 24.8. The summed E-state index contributed by atoms with van der Waals surface area (Å²) in [6.07, 6.45) is 2.25. The van der Waals surface area contributed by atoms with E-state index in [1.165, 1.54) is 16.7 Å². The molecule has 0 aromatic heterocycles. The topological polar surface area (TPSA) is 49.4 Å². The Balaban J connectivity index is 2.18. The van der Waals surface area contributed by atoms with Crippen LogP contribution in [0.1, 0.15) is 6.42 Å². The Hall–Kier alpha value is 0.150. The zero-order valence-electron chi connectivity index (χ0n) is 10.1. The van der Waals surface area contributed by atoms with Crippen molar-refractivity contribution in [2.45, 2.75) is 11.7 Å². The molecule has 4 nitrogen and oxygen atoms in total. The number of nitrogens with zero attached hydrogens (tertiary/aromatic N) is 1. The van der Waals surface area contributed by atoms with Gasteiger partial charge in [0.25, 0.3) is 0 Å².